The quantitative estimate of drug-likeness (QED) is 0.500. The number of alkyl carbamates (subject to hydrolysis) is 1. The third-order valence-electron chi connectivity index (χ3n) is 4.53. The molecule has 0 bridgehead atoms. The molecule has 3 amide bonds. The van der Waals surface area contributed by atoms with E-state index in [0.29, 0.717) is 0 Å². The van der Waals surface area contributed by atoms with Crippen LogP contribution in [0.5, 0.6) is 5.75 Å². The van der Waals surface area contributed by atoms with Gasteiger partial charge in [0.2, 0.25) is 11.8 Å². The molecule has 0 fully saturated rings. The van der Waals surface area contributed by atoms with Crippen LogP contribution in [0.15, 0.2) is 24.3 Å². The predicted molar refractivity (Wildman–Crippen MR) is 120 cm³/mol. The first-order valence-corrected chi connectivity index (χ1v) is 10.7. The molecule has 0 saturated carbocycles. The first kappa shape index (κ1) is 26.8. The molecule has 3 atom stereocenters. The number of phenols is 1. The molecule has 9 nitrogen and oxygen atoms in total. The maximum atomic E-state index is 13.2. The van der Waals surface area contributed by atoms with Gasteiger partial charge in [-0.05, 0) is 47.1 Å². The van der Waals surface area contributed by atoms with Crippen LogP contribution in [0.3, 0.4) is 0 Å². The van der Waals surface area contributed by atoms with Crippen LogP contribution in [0.1, 0.15) is 66.0 Å². The molecule has 0 aliphatic heterocycles. The van der Waals surface area contributed by atoms with Crippen LogP contribution >= 0.6 is 0 Å². The van der Waals surface area contributed by atoms with Crippen LogP contribution < -0.4 is 10.6 Å². The lowest BCUT2D eigenvalue weighted by Gasteiger charge is -2.32. The molecule has 3 unspecified atom stereocenters. The molecule has 176 valence electrons. The van der Waals surface area contributed by atoms with E-state index in [2.05, 4.69) is 10.6 Å². The highest BCUT2D eigenvalue weighted by molar-refractivity contribution is 5.92. The van der Waals surface area contributed by atoms with Crippen molar-refractivity contribution in [3.63, 3.8) is 0 Å². The van der Waals surface area contributed by atoms with Gasteiger partial charge in [-0.2, -0.15) is 5.26 Å². The van der Waals surface area contributed by atoms with Crippen molar-refractivity contribution in [3.05, 3.63) is 29.8 Å². The summed E-state index contributed by atoms with van der Waals surface area (Å²) in [6.45, 7) is 9.92. The maximum absolute atomic E-state index is 13.2. The fourth-order valence-corrected chi connectivity index (χ4v) is 3.16. The van der Waals surface area contributed by atoms with E-state index in [1.54, 1.807) is 32.9 Å². The van der Waals surface area contributed by atoms with Gasteiger partial charge in [0.05, 0.1) is 6.07 Å². The van der Waals surface area contributed by atoms with E-state index in [9.17, 15) is 24.8 Å². The molecule has 1 aromatic carbocycles. The highest BCUT2D eigenvalue weighted by Gasteiger charge is 2.36. The predicted octanol–water partition coefficient (Wildman–Crippen LogP) is 3.00. The van der Waals surface area contributed by atoms with Crippen LogP contribution in [-0.4, -0.2) is 52.1 Å². The summed E-state index contributed by atoms with van der Waals surface area (Å²) in [5, 5.41) is 25.0. The van der Waals surface area contributed by atoms with E-state index in [1.807, 2.05) is 19.9 Å². The standard InChI is InChI=1S/C23H34N4O5/c1-7-10-15(2)25-20(29)19(17-11-8-9-12-18(17)28)27(14-13-24)21(30)16(3)26-22(31)32-23(4,5)6/h8-9,11-12,15-16,19,28H,7,10,14H2,1-6H3,(H,25,29)(H,26,31). The molecule has 0 spiro atoms. The van der Waals surface area contributed by atoms with Gasteiger partial charge in [0, 0.05) is 11.6 Å². The zero-order valence-corrected chi connectivity index (χ0v) is 19.6. The van der Waals surface area contributed by atoms with Crippen molar-refractivity contribution in [2.75, 3.05) is 6.54 Å². The summed E-state index contributed by atoms with van der Waals surface area (Å²) in [4.78, 5) is 39.6. The number of amides is 3. The van der Waals surface area contributed by atoms with Gasteiger partial charge >= 0.3 is 6.09 Å². The topological polar surface area (TPSA) is 132 Å². The summed E-state index contributed by atoms with van der Waals surface area (Å²) in [6.07, 6.45) is 0.776. The lowest BCUT2D eigenvalue weighted by atomic mass is 10.0. The minimum atomic E-state index is -1.26. The first-order chi connectivity index (χ1) is 14.9. The Morgan fingerprint density at radius 1 is 1.19 bits per heavy atom. The number of carbonyl (C=O) groups is 3. The Labute approximate surface area is 189 Å². The van der Waals surface area contributed by atoms with Crippen LogP contribution in [0.25, 0.3) is 0 Å². The minimum absolute atomic E-state index is 0.169. The Hall–Kier alpha value is -3.28. The van der Waals surface area contributed by atoms with Gasteiger partial charge in [0.1, 0.15) is 30.0 Å². The van der Waals surface area contributed by atoms with Gasteiger partial charge in [0.15, 0.2) is 0 Å². The van der Waals surface area contributed by atoms with Crippen molar-refractivity contribution in [3.8, 4) is 11.8 Å². The summed E-state index contributed by atoms with van der Waals surface area (Å²) in [6, 6.07) is 5.54. The largest absolute Gasteiger partial charge is 0.508 e. The number of phenolic OH excluding ortho intramolecular Hbond substituents is 1. The van der Waals surface area contributed by atoms with Crippen LogP contribution in [0, 0.1) is 11.3 Å². The molecule has 3 N–H and O–H groups in total. The Morgan fingerprint density at radius 2 is 1.81 bits per heavy atom. The average molecular weight is 447 g/mol. The number of nitrogens with one attached hydrogen (secondary N) is 2. The van der Waals surface area contributed by atoms with E-state index in [4.69, 9.17) is 4.74 Å². The highest BCUT2D eigenvalue weighted by atomic mass is 16.6. The summed E-state index contributed by atoms with van der Waals surface area (Å²) in [7, 11) is 0. The zero-order valence-electron chi connectivity index (χ0n) is 19.6. The van der Waals surface area contributed by atoms with E-state index < -0.39 is 42.1 Å². The van der Waals surface area contributed by atoms with E-state index in [0.717, 1.165) is 17.7 Å². The third kappa shape index (κ3) is 8.10. The number of aromatic hydroxyl groups is 1. The number of ether oxygens (including phenoxy) is 1. The molecule has 0 aliphatic carbocycles. The second kappa shape index (κ2) is 11.9. The Kier molecular flexibility index (Phi) is 9.98. The van der Waals surface area contributed by atoms with Gasteiger partial charge in [-0.3, -0.25) is 9.59 Å². The number of hydrogen-bond acceptors (Lipinski definition) is 6. The highest BCUT2D eigenvalue weighted by Crippen LogP contribution is 2.29. The van der Waals surface area contributed by atoms with Crippen molar-refractivity contribution in [2.24, 2.45) is 0 Å². The minimum Gasteiger partial charge on any atom is -0.508 e. The van der Waals surface area contributed by atoms with Crippen LogP contribution in [-0.2, 0) is 14.3 Å². The number of hydrogen-bond donors (Lipinski definition) is 3. The van der Waals surface area contributed by atoms with Crippen molar-refractivity contribution < 1.29 is 24.2 Å². The molecule has 0 heterocycles. The summed E-state index contributed by atoms with van der Waals surface area (Å²) in [5.41, 5.74) is -0.575. The van der Waals surface area contributed by atoms with Gasteiger partial charge < -0.3 is 25.4 Å². The lowest BCUT2D eigenvalue weighted by Crippen LogP contribution is -2.52. The van der Waals surface area contributed by atoms with Crippen molar-refractivity contribution >= 4 is 17.9 Å². The number of nitrogens with zero attached hydrogens (tertiary/aromatic N) is 2. The van der Waals surface area contributed by atoms with Crippen molar-refractivity contribution in [1.82, 2.24) is 15.5 Å². The van der Waals surface area contributed by atoms with Gasteiger partial charge in [-0.25, -0.2) is 4.79 Å². The van der Waals surface area contributed by atoms with E-state index in [-0.39, 0.29) is 17.4 Å². The molecule has 9 heteroatoms. The maximum Gasteiger partial charge on any atom is 0.408 e. The molecule has 0 aliphatic rings. The molecular formula is C23H34N4O5. The van der Waals surface area contributed by atoms with Gasteiger partial charge in [-0.15, -0.1) is 0 Å². The molecule has 0 radical (unpaired) electrons. The number of nitriles is 1. The summed E-state index contributed by atoms with van der Waals surface area (Å²) in [5.74, 6) is -1.37. The monoisotopic (exact) mass is 446 g/mol. The number of benzene rings is 1. The first-order valence-electron chi connectivity index (χ1n) is 10.7. The fourth-order valence-electron chi connectivity index (χ4n) is 3.16. The normalized spacial score (nSPS) is 13.8. The van der Waals surface area contributed by atoms with Gasteiger partial charge in [-0.1, -0.05) is 31.5 Å². The van der Waals surface area contributed by atoms with Crippen molar-refractivity contribution in [1.29, 1.82) is 5.26 Å². The molecule has 0 saturated heterocycles. The van der Waals surface area contributed by atoms with E-state index >= 15 is 0 Å². The second-order valence-electron chi connectivity index (χ2n) is 8.65. The average Bonchev–Trinajstić information content (AvgIpc) is 2.66. The van der Waals surface area contributed by atoms with Crippen LogP contribution in [0.2, 0.25) is 0 Å². The molecule has 1 rings (SSSR count). The Bertz CT molecular complexity index is 844. The SMILES string of the molecule is CCCC(C)NC(=O)C(c1ccccc1O)N(CC#N)C(=O)C(C)NC(=O)OC(C)(C)C. The molecule has 1 aromatic rings. The molecule has 0 aromatic heterocycles. The van der Waals surface area contributed by atoms with E-state index in [1.165, 1.54) is 19.1 Å². The van der Waals surface area contributed by atoms with Crippen LogP contribution in [0.4, 0.5) is 4.79 Å². The Morgan fingerprint density at radius 3 is 2.34 bits per heavy atom. The van der Waals surface area contributed by atoms with Crippen molar-refractivity contribution in [2.45, 2.75) is 78.1 Å². The van der Waals surface area contributed by atoms with Gasteiger partial charge in [0.25, 0.3) is 0 Å². The Balaban J connectivity index is 3.27. The third-order valence-corrected chi connectivity index (χ3v) is 4.53. The number of carbonyl (C=O) groups excluding carboxylic acids is 3. The molecule has 32 heavy (non-hydrogen) atoms. The second-order valence-corrected chi connectivity index (χ2v) is 8.65. The fraction of sp³-hybridized carbons (Fsp3) is 0.565. The number of rotatable bonds is 9. The zero-order chi connectivity index (χ0) is 24.5. The lowest BCUT2D eigenvalue weighted by molar-refractivity contribution is -0.141. The smallest absolute Gasteiger partial charge is 0.408 e. The summed E-state index contributed by atoms with van der Waals surface area (Å²) < 4.78 is 5.18. The summed E-state index contributed by atoms with van der Waals surface area (Å²) >= 11 is 0. The number of para-hydroxylation sites is 1. The molecular weight excluding hydrogens is 412 g/mol.